The Morgan fingerprint density at radius 1 is 1.25 bits per heavy atom. The summed E-state index contributed by atoms with van der Waals surface area (Å²) >= 11 is 3.51. The topological polar surface area (TPSA) is 20.3 Å². The number of carbonyl (C=O) groups is 1. The maximum Gasteiger partial charge on any atom is 0.169 e. The predicted molar refractivity (Wildman–Crippen MR) is 103 cm³/mol. The van der Waals surface area contributed by atoms with Crippen LogP contribution < -0.4 is 0 Å². The van der Waals surface area contributed by atoms with Crippen LogP contribution in [-0.2, 0) is 6.42 Å². The summed E-state index contributed by atoms with van der Waals surface area (Å²) in [4.78, 5) is 15.5. The number of likely N-dealkylation sites (tertiary alicyclic amines) is 1. The number of allylic oxidation sites excluding steroid dienone is 2. The molecule has 0 unspecified atom stereocenters. The maximum atomic E-state index is 13.1. The summed E-state index contributed by atoms with van der Waals surface area (Å²) in [5.74, 6) is 0.362. The number of halogens is 1. The number of hydrogen-bond acceptors (Lipinski definition) is 2. The van der Waals surface area contributed by atoms with E-state index in [2.05, 4.69) is 40.1 Å². The van der Waals surface area contributed by atoms with Crippen LogP contribution in [0.3, 0.4) is 0 Å². The molecule has 1 spiro atoms. The van der Waals surface area contributed by atoms with Crippen LogP contribution in [0.25, 0.3) is 0 Å². The SMILES string of the molecule is C=C/C=C(\C=C)CN1CCC2(CCc3cc(Br)ccc3C2=O)CC1. The average molecular weight is 386 g/mol. The minimum Gasteiger partial charge on any atom is -0.299 e. The molecule has 3 rings (SSSR count). The molecular weight excluding hydrogens is 362 g/mol. The van der Waals surface area contributed by atoms with E-state index in [1.165, 1.54) is 11.1 Å². The van der Waals surface area contributed by atoms with Crippen molar-refractivity contribution in [3.63, 3.8) is 0 Å². The molecule has 1 aliphatic carbocycles. The Balaban J connectivity index is 1.71. The second kappa shape index (κ2) is 7.20. The fourth-order valence-electron chi connectivity index (χ4n) is 3.97. The highest BCUT2D eigenvalue weighted by Crippen LogP contribution is 2.43. The van der Waals surface area contributed by atoms with Gasteiger partial charge in [0.25, 0.3) is 0 Å². The summed E-state index contributed by atoms with van der Waals surface area (Å²) in [6.45, 7) is 10.5. The average Bonchev–Trinajstić information content (AvgIpc) is 2.60. The Labute approximate surface area is 153 Å². The Kier molecular flexibility index (Phi) is 5.21. The van der Waals surface area contributed by atoms with Gasteiger partial charge in [-0.2, -0.15) is 0 Å². The van der Waals surface area contributed by atoms with Gasteiger partial charge in [-0.3, -0.25) is 9.69 Å². The van der Waals surface area contributed by atoms with Crippen molar-refractivity contribution in [1.82, 2.24) is 4.90 Å². The van der Waals surface area contributed by atoms with Gasteiger partial charge < -0.3 is 0 Å². The first-order valence-corrected chi connectivity index (χ1v) is 9.37. The normalized spacial score (nSPS) is 20.7. The molecule has 3 heteroatoms. The zero-order valence-corrected chi connectivity index (χ0v) is 15.6. The maximum absolute atomic E-state index is 13.1. The van der Waals surface area contributed by atoms with Gasteiger partial charge >= 0.3 is 0 Å². The van der Waals surface area contributed by atoms with E-state index in [1.54, 1.807) is 0 Å². The Hall–Kier alpha value is -1.45. The lowest BCUT2D eigenvalue weighted by Crippen LogP contribution is -2.46. The first kappa shape index (κ1) is 17.4. The standard InChI is InChI=1S/C21H24BrNO/c1-3-5-16(4-2)15-23-12-10-21(11-13-23)9-8-17-14-18(22)6-7-19(17)20(21)24/h3-7,14H,1-2,8-13,15H2/b16-5+. The molecule has 2 aliphatic rings. The second-order valence-electron chi connectivity index (χ2n) is 6.87. The zero-order chi connectivity index (χ0) is 17.2. The van der Waals surface area contributed by atoms with Crippen LogP contribution in [0, 0.1) is 5.41 Å². The number of benzene rings is 1. The first-order chi connectivity index (χ1) is 11.6. The monoisotopic (exact) mass is 385 g/mol. The molecule has 0 aromatic heterocycles. The lowest BCUT2D eigenvalue weighted by atomic mass is 9.65. The largest absolute Gasteiger partial charge is 0.299 e. The number of aryl methyl sites for hydroxylation is 1. The van der Waals surface area contributed by atoms with Gasteiger partial charge in [0.1, 0.15) is 0 Å². The van der Waals surface area contributed by atoms with E-state index in [9.17, 15) is 4.79 Å². The van der Waals surface area contributed by atoms with Crippen molar-refractivity contribution in [1.29, 1.82) is 0 Å². The van der Waals surface area contributed by atoms with E-state index < -0.39 is 0 Å². The fourth-order valence-corrected chi connectivity index (χ4v) is 4.38. The number of carbonyl (C=O) groups excluding carboxylic acids is 1. The Morgan fingerprint density at radius 2 is 2.00 bits per heavy atom. The predicted octanol–water partition coefficient (Wildman–Crippen LogP) is 4.96. The van der Waals surface area contributed by atoms with Crippen LogP contribution in [-0.4, -0.2) is 30.3 Å². The number of fused-ring (bicyclic) bond motifs is 1. The van der Waals surface area contributed by atoms with Gasteiger partial charge in [0.15, 0.2) is 5.78 Å². The molecule has 1 aromatic carbocycles. The number of nitrogens with zero attached hydrogens (tertiary/aromatic N) is 1. The summed E-state index contributed by atoms with van der Waals surface area (Å²) in [5, 5.41) is 0. The van der Waals surface area contributed by atoms with E-state index in [4.69, 9.17) is 0 Å². The van der Waals surface area contributed by atoms with Gasteiger partial charge in [0.05, 0.1) is 0 Å². The third-order valence-electron chi connectivity index (χ3n) is 5.48. The van der Waals surface area contributed by atoms with E-state index in [-0.39, 0.29) is 5.41 Å². The minimum atomic E-state index is -0.145. The zero-order valence-electron chi connectivity index (χ0n) is 14.1. The van der Waals surface area contributed by atoms with E-state index >= 15 is 0 Å². The molecule has 0 radical (unpaired) electrons. The molecular formula is C21H24BrNO. The van der Waals surface area contributed by atoms with Gasteiger partial charge in [-0.15, -0.1) is 0 Å². The number of rotatable bonds is 4. The molecule has 126 valence electrons. The fraction of sp³-hybridized carbons (Fsp3) is 0.381. The van der Waals surface area contributed by atoms with Crippen molar-refractivity contribution in [2.24, 2.45) is 5.41 Å². The van der Waals surface area contributed by atoms with Crippen molar-refractivity contribution < 1.29 is 4.79 Å². The number of Topliss-reactive ketones (excluding diaryl/α,β-unsaturated/α-hetero) is 1. The molecule has 0 atom stereocenters. The first-order valence-electron chi connectivity index (χ1n) is 8.57. The van der Waals surface area contributed by atoms with Crippen molar-refractivity contribution in [2.75, 3.05) is 19.6 Å². The smallest absolute Gasteiger partial charge is 0.169 e. The lowest BCUT2D eigenvalue weighted by Gasteiger charge is -2.43. The van der Waals surface area contributed by atoms with Gasteiger partial charge in [-0.05, 0) is 68.1 Å². The molecule has 1 aliphatic heterocycles. The second-order valence-corrected chi connectivity index (χ2v) is 7.78. The van der Waals surface area contributed by atoms with Crippen molar-refractivity contribution in [2.45, 2.75) is 25.7 Å². The molecule has 1 fully saturated rings. The number of hydrogen-bond donors (Lipinski definition) is 0. The Morgan fingerprint density at radius 3 is 2.67 bits per heavy atom. The van der Waals surface area contributed by atoms with E-state index in [0.29, 0.717) is 5.78 Å². The summed E-state index contributed by atoms with van der Waals surface area (Å²) in [6, 6.07) is 6.09. The lowest BCUT2D eigenvalue weighted by molar-refractivity contribution is 0.0558. The molecule has 1 saturated heterocycles. The molecule has 0 saturated carbocycles. The summed E-state index contributed by atoms with van der Waals surface area (Å²) in [5.41, 5.74) is 3.18. The van der Waals surface area contributed by atoms with Crippen molar-refractivity contribution >= 4 is 21.7 Å². The van der Waals surface area contributed by atoms with Crippen LogP contribution in [0.15, 0.2) is 59.6 Å². The third-order valence-corrected chi connectivity index (χ3v) is 5.97. The van der Waals surface area contributed by atoms with Gasteiger partial charge in [0, 0.05) is 22.0 Å². The van der Waals surface area contributed by atoms with Crippen LogP contribution in [0.4, 0.5) is 0 Å². The van der Waals surface area contributed by atoms with Crippen molar-refractivity contribution in [3.05, 3.63) is 70.8 Å². The highest BCUT2D eigenvalue weighted by Gasteiger charge is 2.44. The molecule has 2 nitrogen and oxygen atoms in total. The highest BCUT2D eigenvalue weighted by molar-refractivity contribution is 9.10. The molecule has 1 aromatic rings. The summed E-state index contributed by atoms with van der Waals surface area (Å²) in [7, 11) is 0. The van der Waals surface area contributed by atoms with Gasteiger partial charge in [-0.25, -0.2) is 0 Å². The highest BCUT2D eigenvalue weighted by atomic mass is 79.9. The van der Waals surface area contributed by atoms with Gasteiger partial charge in [0.2, 0.25) is 0 Å². The van der Waals surface area contributed by atoms with Crippen LogP contribution in [0.2, 0.25) is 0 Å². The van der Waals surface area contributed by atoms with E-state index in [1.807, 2.05) is 30.4 Å². The molecule has 0 N–H and O–H groups in total. The van der Waals surface area contributed by atoms with Crippen molar-refractivity contribution in [3.8, 4) is 0 Å². The molecule has 1 heterocycles. The summed E-state index contributed by atoms with van der Waals surface area (Å²) < 4.78 is 1.06. The quantitative estimate of drug-likeness (QED) is 0.682. The number of piperidine rings is 1. The third kappa shape index (κ3) is 3.33. The Bertz CT molecular complexity index is 696. The molecule has 0 amide bonds. The van der Waals surface area contributed by atoms with Gasteiger partial charge in [-0.1, -0.05) is 47.3 Å². The minimum absolute atomic E-state index is 0.145. The van der Waals surface area contributed by atoms with Crippen LogP contribution >= 0.6 is 15.9 Å². The van der Waals surface area contributed by atoms with Crippen LogP contribution in [0.5, 0.6) is 0 Å². The molecule has 0 bridgehead atoms. The molecule has 24 heavy (non-hydrogen) atoms. The summed E-state index contributed by atoms with van der Waals surface area (Å²) in [6.07, 6.45) is 9.62. The van der Waals surface area contributed by atoms with E-state index in [0.717, 1.165) is 55.4 Å². The van der Waals surface area contributed by atoms with Crippen LogP contribution in [0.1, 0.15) is 35.2 Å². The number of ketones is 1.